The maximum atomic E-state index is 12.4. The van der Waals surface area contributed by atoms with Gasteiger partial charge >= 0.3 is 5.97 Å². The van der Waals surface area contributed by atoms with Crippen molar-refractivity contribution in [2.45, 2.75) is 44.9 Å². The van der Waals surface area contributed by atoms with Crippen LogP contribution in [0.4, 0.5) is 0 Å². The maximum absolute atomic E-state index is 12.4. The third kappa shape index (κ3) is 6.21. The average Bonchev–Trinajstić information content (AvgIpc) is 3.05. The van der Waals surface area contributed by atoms with E-state index < -0.39 is 29.8 Å². The van der Waals surface area contributed by atoms with Crippen molar-refractivity contribution in [3.05, 3.63) is 22.4 Å². The van der Waals surface area contributed by atoms with Gasteiger partial charge in [-0.25, -0.2) is 4.79 Å². The molecule has 1 heterocycles. The van der Waals surface area contributed by atoms with E-state index in [2.05, 4.69) is 5.32 Å². The molecule has 1 amide bonds. The highest BCUT2D eigenvalue weighted by Crippen LogP contribution is 2.20. The first-order chi connectivity index (χ1) is 11.4. The molecule has 0 saturated carbocycles. The number of thiophene rings is 1. The summed E-state index contributed by atoms with van der Waals surface area (Å²) in [7, 11) is 1.40. The Hall–Kier alpha value is -2.06. The highest BCUT2D eigenvalue weighted by Gasteiger charge is 2.28. The van der Waals surface area contributed by atoms with Crippen LogP contribution in [0.3, 0.4) is 0 Å². The van der Waals surface area contributed by atoms with Gasteiger partial charge in [0.1, 0.15) is 6.04 Å². The number of Topliss-reactive ketones (excluding diaryl/α,β-unsaturated/α-hetero) is 1. The fraction of sp³-hybridized carbons (Fsp3) is 0.500. The van der Waals surface area contributed by atoms with Crippen molar-refractivity contribution in [1.29, 1.82) is 5.41 Å². The molecule has 2 N–H and O–H groups in total. The van der Waals surface area contributed by atoms with Crippen molar-refractivity contribution in [2.75, 3.05) is 7.11 Å². The number of hydrogen-bond acceptors (Lipinski definition) is 7. The van der Waals surface area contributed by atoms with E-state index in [1.807, 2.05) is 5.38 Å². The third-order valence-corrected chi connectivity index (χ3v) is 3.81. The molecule has 0 aliphatic rings. The molecule has 0 saturated heterocycles. The quantitative estimate of drug-likeness (QED) is 0.493. The molecule has 1 aromatic rings. The summed E-state index contributed by atoms with van der Waals surface area (Å²) < 4.78 is 10.3. The van der Waals surface area contributed by atoms with Crippen molar-refractivity contribution in [1.82, 2.24) is 5.32 Å². The minimum Gasteiger partial charge on any atom is -0.461 e. The maximum Gasteiger partial charge on any atom is 0.328 e. The number of nitrogens with one attached hydrogen (secondary N) is 2. The highest BCUT2D eigenvalue weighted by atomic mass is 32.1. The Bertz CT molecular complexity index is 571. The molecule has 1 rings (SSSR count). The van der Waals surface area contributed by atoms with Crippen LogP contribution in [0.5, 0.6) is 0 Å². The molecule has 1 aromatic heterocycles. The number of carbonyl (C=O) groups is 3. The van der Waals surface area contributed by atoms with E-state index in [1.54, 1.807) is 25.3 Å². The minimum atomic E-state index is -0.972. The zero-order valence-corrected chi connectivity index (χ0v) is 14.7. The summed E-state index contributed by atoms with van der Waals surface area (Å²) in [6, 6.07) is 0.790. The molecule has 0 aliphatic heterocycles. The molecule has 24 heavy (non-hydrogen) atoms. The van der Waals surface area contributed by atoms with Crippen LogP contribution in [0.25, 0.3) is 0 Å². The van der Waals surface area contributed by atoms with E-state index in [0.717, 1.165) is 0 Å². The molecule has 0 aliphatic carbocycles. The van der Waals surface area contributed by atoms with Crippen LogP contribution in [-0.4, -0.2) is 43.1 Å². The second-order valence-electron chi connectivity index (χ2n) is 5.37. The van der Waals surface area contributed by atoms with Gasteiger partial charge in [0.05, 0.1) is 12.3 Å². The van der Waals surface area contributed by atoms with Gasteiger partial charge in [-0.3, -0.25) is 9.59 Å². The first-order valence-corrected chi connectivity index (χ1v) is 8.42. The number of ether oxygens (including phenoxy) is 2. The van der Waals surface area contributed by atoms with Crippen molar-refractivity contribution in [3.8, 4) is 0 Å². The standard InChI is InChI=1S/C16H22N2O5S/c1-10(2)23-16(21)13(5-4-12(19)8-17)18-15(20)14(22-3)11-6-7-24-9-11/h6-10,13-14,17H,4-5H2,1-3H3,(H,18,20)/t13-,14+/m0/s1. The van der Waals surface area contributed by atoms with Crippen molar-refractivity contribution in [2.24, 2.45) is 0 Å². The molecule has 2 atom stereocenters. The Labute approximate surface area is 144 Å². The van der Waals surface area contributed by atoms with Crippen LogP contribution in [0.1, 0.15) is 38.4 Å². The molecule has 0 aromatic carbocycles. The van der Waals surface area contributed by atoms with Gasteiger partial charge in [-0.2, -0.15) is 11.3 Å². The van der Waals surface area contributed by atoms with Gasteiger partial charge in [0.2, 0.25) is 0 Å². The van der Waals surface area contributed by atoms with Gasteiger partial charge in [0.15, 0.2) is 11.9 Å². The Morgan fingerprint density at radius 3 is 2.58 bits per heavy atom. The smallest absolute Gasteiger partial charge is 0.328 e. The largest absolute Gasteiger partial charge is 0.461 e. The summed E-state index contributed by atoms with van der Waals surface area (Å²) in [5.74, 6) is -1.52. The van der Waals surface area contributed by atoms with Crippen molar-refractivity contribution in [3.63, 3.8) is 0 Å². The number of carbonyl (C=O) groups excluding carboxylic acids is 3. The highest BCUT2D eigenvalue weighted by molar-refractivity contribution is 7.08. The minimum absolute atomic E-state index is 0.0300. The summed E-state index contributed by atoms with van der Waals surface area (Å²) in [4.78, 5) is 35.9. The third-order valence-electron chi connectivity index (χ3n) is 3.11. The molecule has 132 valence electrons. The summed E-state index contributed by atoms with van der Waals surface area (Å²) in [6.45, 7) is 3.39. The fourth-order valence-corrected chi connectivity index (χ4v) is 2.66. The Morgan fingerprint density at radius 2 is 2.08 bits per heavy atom. The molecule has 0 unspecified atom stereocenters. The van der Waals surface area contributed by atoms with Gasteiger partial charge in [-0.1, -0.05) is 0 Å². The number of ketones is 1. The SMILES string of the molecule is CO[C@@H](C(=O)N[C@@H](CCC(=O)C=N)C(=O)OC(C)C)c1ccsc1. The van der Waals surface area contributed by atoms with Crippen LogP contribution in [0.2, 0.25) is 0 Å². The Balaban J connectivity index is 2.81. The molecule has 7 nitrogen and oxygen atoms in total. The van der Waals surface area contributed by atoms with Crippen LogP contribution >= 0.6 is 11.3 Å². The molecule has 0 spiro atoms. The first kappa shape index (κ1) is 20.0. The lowest BCUT2D eigenvalue weighted by Gasteiger charge is -2.21. The predicted octanol–water partition coefficient (Wildman–Crippen LogP) is 1.87. The van der Waals surface area contributed by atoms with E-state index >= 15 is 0 Å². The van der Waals surface area contributed by atoms with Crippen LogP contribution in [0, 0.1) is 5.41 Å². The van der Waals surface area contributed by atoms with Crippen LogP contribution < -0.4 is 5.32 Å². The average molecular weight is 354 g/mol. The topological polar surface area (TPSA) is 106 Å². The summed E-state index contributed by atoms with van der Waals surface area (Å²) in [5.41, 5.74) is 0.687. The van der Waals surface area contributed by atoms with Gasteiger partial charge in [0.25, 0.3) is 5.91 Å². The normalized spacial score (nSPS) is 13.2. The van der Waals surface area contributed by atoms with Crippen LogP contribution in [-0.2, 0) is 23.9 Å². The van der Waals surface area contributed by atoms with Crippen molar-refractivity contribution < 1.29 is 23.9 Å². The number of rotatable bonds is 10. The summed E-state index contributed by atoms with van der Waals surface area (Å²) in [6.07, 6.45) is -0.464. The second kappa shape index (κ2) is 9.94. The molecular formula is C16H22N2O5S. The number of methoxy groups -OCH3 is 1. The van der Waals surface area contributed by atoms with Crippen LogP contribution in [0.15, 0.2) is 16.8 Å². The summed E-state index contributed by atoms with van der Waals surface area (Å²) in [5, 5.41) is 13.1. The van der Waals surface area contributed by atoms with Gasteiger partial charge in [0, 0.05) is 19.1 Å². The number of esters is 1. The lowest BCUT2D eigenvalue weighted by atomic mass is 10.1. The van der Waals surface area contributed by atoms with Gasteiger partial charge in [-0.05, 0) is 37.1 Å². The molecule has 0 radical (unpaired) electrons. The zero-order valence-electron chi connectivity index (χ0n) is 13.9. The zero-order chi connectivity index (χ0) is 18.1. The number of hydrogen-bond donors (Lipinski definition) is 2. The first-order valence-electron chi connectivity index (χ1n) is 7.48. The van der Waals surface area contributed by atoms with E-state index in [1.165, 1.54) is 18.4 Å². The van der Waals surface area contributed by atoms with E-state index in [4.69, 9.17) is 14.9 Å². The van der Waals surface area contributed by atoms with Gasteiger partial charge < -0.3 is 20.2 Å². The number of amides is 1. The van der Waals surface area contributed by atoms with Gasteiger partial charge in [-0.15, -0.1) is 0 Å². The second-order valence-corrected chi connectivity index (χ2v) is 6.15. The molecule has 8 heteroatoms. The lowest BCUT2D eigenvalue weighted by Crippen LogP contribution is -2.45. The predicted molar refractivity (Wildman–Crippen MR) is 90.3 cm³/mol. The molecule has 0 fully saturated rings. The molecule has 0 bridgehead atoms. The lowest BCUT2D eigenvalue weighted by molar-refractivity contribution is -0.152. The molecular weight excluding hydrogens is 332 g/mol. The van der Waals surface area contributed by atoms with E-state index in [0.29, 0.717) is 11.8 Å². The van der Waals surface area contributed by atoms with E-state index in [9.17, 15) is 14.4 Å². The van der Waals surface area contributed by atoms with Crippen molar-refractivity contribution >= 4 is 35.2 Å². The fourth-order valence-electron chi connectivity index (χ4n) is 1.99. The summed E-state index contributed by atoms with van der Waals surface area (Å²) >= 11 is 1.43. The monoisotopic (exact) mass is 354 g/mol. The Kier molecular flexibility index (Phi) is 8.28. The Morgan fingerprint density at radius 1 is 1.38 bits per heavy atom. The van der Waals surface area contributed by atoms with E-state index in [-0.39, 0.29) is 18.9 Å².